The van der Waals surface area contributed by atoms with Crippen LogP contribution >= 0.6 is 0 Å². The molecule has 4 nitrogen and oxygen atoms in total. The Labute approximate surface area is 144 Å². The number of anilines is 1. The zero-order valence-corrected chi connectivity index (χ0v) is 13.9. The van der Waals surface area contributed by atoms with Crippen molar-refractivity contribution in [3.8, 4) is 0 Å². The van der Waals surface area contributed by atoms with Crippen molar-refractivity contribution in [1.29, 1.82) is 0 Å². The summed E-state index contributed by atoms with van der Waals surface area (Å²) in [7, 11) is -3.85. The van der Waals surface area contributed by atoms with Crippen molar-refractivity contribution < 1.29 is 21.6 Å². The second-order valence-electron chi connectivity index (χ2n) is 5.45. The number of hydrogen-bond acceptors (Lipinski definition) is 3. The van der Waals surface area contributed by atoms with Gasteiger partial charge in [0, 0.05) is 0 Å². The Kier molecular flexibility index (Phi) is 4.85. The van der Waals surface area contributed by atoms with Crippen LogP contribution in [-0.2, 0) is 22.3 Å². The lowest BCUT2D eigenvalue weighted by atomic mass is 10.2. The molecule has 0 radical (unpaired) electrons. The Morgan fingerprint density at radius 3 is 2.32 bits per heavy atom. The van der Waals surface area contributed by atoms with Gasteiger partial charge in [-0.3, -0.25) is 4.31 Å². The molecule has 0 bridgehead atoms. The van der Waals surface area contributed by atoms with Gasteiger partial charge in [-0.2, -0.15) is 0 Å². The monoisotopic (exact) mass is 363 g/mol. The van der Waals surface area contributed by atoms with E-state index in [2.05, 4.69) is 0 Å². The van der Waals surface area contributed by atoms with Gasteiger partial charge in [-0.25, -0.2) is 17.2 Å². The Morgan fingerprint density at radius 2 is 1.68 bits per heavy atom. The minimum absolute atomic E-state index is 0.0454. The van der Waals surface area contributed by atoms with Gasteiger partial charge in [-0.1, -0.05) is 12.1 Å². The molecule has 2 aromatic carbocycles. The van der Waals surface area contributed by atoms with E-state index < -0.39 is 21.7 Å². The molecule has 25 heavy (non-hydrogen) atoms. The van der Waals surface area contributed by atoms with Gasteiger partial charge in [0.2, 0.25) is 10.0 Å². The maximum absolute atomic E-state index is 13.4. The van der Waals surface area contributed by atoms with E-state index >= 15 is 0 Å². The molecular formula is C18H15F2NO3S. The Balaban J connectivity index is 1.95. The normalized spacial score (nSPS) is 11.4. The largest absolute Gasteiger partial charge is 0.467 e. The molecule has 0 aliphatic heterocycles. The molecule has 0 N–H and O–H groups in total. The fourth-order valence-electron chi connectivity index (χ4n) is 2.42. The van der Waals surface area contributed by atoms with Gasteiger partial charge < -0.3 is 4.42 Å². The lowest BCUT2D eigenvalue weighted by Crippen LogP contribution is -2.31. The average molecular weight is 363 g/mol. The van der Waals surface area contributed by atoms with E-state index in [1.165, 1.54) is 54.8 Å². The zero-order chi connectivity index (χ0) is 17.9. The topological polar surface area (TPSA) is 50.5 Å². The molecule has 0 amide bonds. The Morgan fingerprint density at radius 1 is 0.920 bits per heavy atom. The van der Waals surface area contributed by atoms with Gasteiger partial charge in [0.15, 0.2) is 0 Å². The van der Waals surface area contributed by atoms with E-state index in [4.69, 9.17) is 4.42 Å². The van der Waals surface area contributed by atoms with E-state index in [9.17, 15) is 17.2 Å². The Hall–Kier alpha value is -2.67. The molecule has 0 saturated heterocycles. The molecule has 1 aromatic heterocycles. The summed E-state index contributed by atoms with van der Waals surface area (Å²) in [4.78, 5) is 0. The average Bonchev–Trinajstić information content (AvgIpc) is 3.06. The summed E-state index contributed by atoms with van der Waals surface area (Å²) in [5.74, 6) is -0.925. The maximum Gasteiger partial charge on any atom is 0.239 e. The van der Waals surface area contributed by atoms with Crippen molar-refractivity contribution in [2.45, 2.75) is 12.3 Å². The molecule has 3 rings (SSSR count). The lowest BCUT2D eigenvalue weighted by Gasteiger charge is -2.23. The molecular weight excluding hydrogens is 348 g/mol. The number of hydrogen-bond donors (Lipinski definition) is 0. The lowest BCUT2D eigenvalue weighted by molar-refractivity contribution is 0.508. The van der Waals surface area contributed by atoms with Crippen LogP contribution in [0.1, 0.15) is 11.3 Å². The third kappa shape index (κ3) is 4.24. The highest BCUT2D eigenvalue weighted by atomic mass is 32.2. The number of halogens is 2. The summed E-state index contributed by atoms with van der Waals surface area (Å²) in [5.41, 5.74) is 0.626. The Bertz CT molecular complexity index is 939. The molecule has 1 heterocycles. The van der Waals surface area contributed by atoms with Crippen LogP contribution in [0.4, 0.5) is 14.5 Å². The van der Waals surface area contributed by atoms with Crippen molar-refractivity contribution in [3.63, 3.8) is 0 Å². The SMILES string of the molecule is O=S(=O)(Cc1cccc(F)c1)N(Cc1ccco1)c1ccc(F)cc1. The van der Waals surface area contributed by atoms with Gasteiger partial charge in [-0.05, 0) is 54.1 Å². The van der Waals surface area contributed by atoms with Crippen molar-refractivity contribution >= 4 is 15.7 Å². The van der Waals surface area contributed by atoms with E-state index in [1.54, 1.807) is 12.1 Å². The van der Waals surface area contributed by atoms with Crippen LogP contribution in [-0.4, -0.2) is 8.42 Å². The standard InChI is InChI=1S/C18H15F2NO3S/c19-15-6-8-17(9-7-15)21(12-18-5-2-10-24-18)25(22,23)13-14-3-1-4-16(20)11-14/h1-11H,12-13H2. The number of nitrogens with zero attached hydrogens (tertiary/aromatic N) is 1. The van der Waals surface area contributed by atoms with E-state index in [0.29, 0.717) is 17.0 Å². The molecule has 3 aromatic rings. The molecule has 0 atom stereocenters. The third-order valence-electron chi connectivity index (χ3n) is 3.57. The molecule has 0 saturated carbocycles. The van der Waals surface area contributed by atoms with Crippen molar-refractivity contribution in [3.05, 3.63) is 89.9 Å². The number of benzene rings is 2. The molecule has 0 unspecified atom stereocenters. The van der Waals surface area contributed by atoms with Crippen molar-refractivity contribution in [1.82, 2.24) is 0 Å². The second kappa shape index (κ2) is 7.06. The summed E-state index contributed by atoms with van der Waals surface area (Å²) in [5, 5.41) is 0. The number of rotatable bonds is 6. The van der Waals surface area contributed by atoms with Gasteiger partial charge >= 0.3 is 0 Å². The molecule has 0 fully saturated rings. The first-order valence-electron chi connectivity index (χ1n) is 7.47. The zero-order valence-electron chi connectivity index (χ0n) is 13.1. The number of furan rings is 1. The molecule has 0 aliphatic rings. The first kappa shape index (κ1) is 17.2. The fourth-order valence-corrected chi connectivity index (χ4v) is 3.94. The summed E-state index contributed by atoms with van der Waals surface area (Å²) in [6.45, 7) is -0.0454. The van der Waals surface area contributed by atoms with Crippen LogP contribution in [0.5, 0.6) is 0 Å². The van der Waals surface area contributed by atoms with Crippen LogP contribution in [0.25, 0.3) is 0 Å². The smallest absolute Gasteiger partial charge is 0.239 e. The van der Waals surface area contributed by atoms with E-state index in [1.807, 2.05) is 0 Å². The minimum Gasteiger partial charge on any atom is -0.467 e. The van der Waals surface area contributed by atoms with Gasteiger partial charge in [0.25, 0.3) is 0 Å². The number of sulfonamides is 1. The van der Waals surface area contributed by atoms with Crippen LogP contribution in [0, 0.1) is 11.6 Å². The van der Waals surface area contributed by atoms with Crippen molar-refractivity contribution in [2.24, 2.45) is 0 Å². The van der Waals surface area contributed by atoms with Gasteiger partial charge in [0.1, 0.15) is 17.4 Å². The van der Waals surface area contributed by atoms with Crippen LogP contribution < -0.4 is 4.31 Å². The third-order valence-corrected chi connectivity index (χ3v) is 5.28. The van der Waals surface area contributed by atoms with Gasteiger partial charge in [0.05, 0.1) is 24.2 Å². The highest BCUT2D eigenvalue weighted by Gasteiger charge is 2.24. The van der Waals surface area contributed by atoms with Crippen LogP contribution in [0.15, 0.2) is 71.3 Å². The molecule has 0 spiro atoms. The molecule has 130 valence electrons. The van der Waals surface area contributed by atoms with Crippen LogP contribution in [0.3, 0.4) is 0 Å². The highest BCUT2D eigenvalue weighted by molar-refractivity contribution is 7.92. The predicted molar refractivity (Wildman–Crippen MR) is 90.3 cm³/mol. The van der Waals surface area contributed by atoms with E-state index in [-0.39, 0.29) is 12.3 Å². The molecule has 7 heteroatoms. The summed E-state index contributed by atoms with van der Waals surface area (Å²) in [6, 6.07) is 13.8. The minimum atomic E-state index is -3.85. The van der Waals surface area contributed by atoms with E-state index in [0.717, 1.165) is 4.31 Å². The molecule has 0 aliphatic carbocycles. The summed E-state index contributed by atoms with van der Waals surface area (Å²) < 4.78 is 58.7. The summed E-state index contributed by atoms with van der Waals surface area (Å²) >= 11 is 0. The maximum atomic E-state index is 13.4. The summed E-state index contributed by atoms with van der Waals surface area (Å²) in [6.07, 6.45) is 1.44. The fraction of sp³-hybridized carbons (Fsp3) is 0.111. The highest BCUT2D eigenvalue weighted by Crippen LogP contribution is 2.24. The quantitative estimate of drug-likeness (QED) is 0.663. The van der Waals surface area contributed by atoms with Crippen LogP contribution in [0.2, 0.25) is 0 Å². The van der Waals surface area contributed by atoms with Crippen molar-refractivity contribution in [2.75, 3.05) is 4.31 Å². The first-order chi connectivity index (χ1) is 11.9. The van der Waals surface area contributed by atoms with Gasteiger partial charge in [-0.15, -0.1) is 0 Å². The first-order valence-corrected chi connectivity index (χ1v) is 9.08. The predicted octanol–water partition coefficient (Wildman–Crippen LogP) is 4.09. The second-order valence-corrected chi connectivity index (χ2v) is 7.34.